The lowest BCUT2D eigenvalue weighted by Crippen LogP contribution is -2.14. The second-order valence-electron chi connectivity index (χ2n) is 1.99. The fourth-order valence-corrected chi connectivity index (χ4v) is 1.04. The van der Waals surface area contributed by atoms with Crippen molar-refractivity contribution in [1.82, 2.24) is 4.98 Å². The van der Waals surface area contributed by atoms with Crippen LogP contribution in [0.25, 0.3) is 0 Å². The molecule has 0 amide bonds. The topological polar surface area (TPSA) is 22.1 Å². The van der Waals surface area contributed by atoms with Gasteiger partial charge in [-0.15, -0.1) is 0 Å². The van der Waals surface area contributed by atoms with Crippen molar-refractivity contribution < 1.29 is 13.5 Å². The molecule has 0 radical (unpaired) electrons. The van der Waals surface area contributed by atoms with Gasteiger partial charge in [-0.05, 0) is 0 Å². The van der Waals surface area contributed by atoms with Gasteiger partial charge >= 0.3 is 5.02 Å². The maximum Gasteiger partial charge on any atom is 0.459 e. The van der Waals surface area contributed by atoms with E-state index in [-0.39, 0.29) is 15.9 Å². The van der Waals surface area contributed by atoms with Gasteiger partial charge in [0.15, 0.2) is 0 Å². The minimum absolute atomic E-state index is 0.0342. The van der Waals surface area contributed by atoms with E-state index in [0.717, 1.165) is 12.3 Å². The minimum Gasteiger partial charge on any atom is -0.422 e. The van der Waals surface area contributed by atoms with Gasteiger partial charge in [-0.1, -0.05) is 23.2 Å². The number of nitrogens with zero attached hydrogens (tertiary/aromatic N) is 1. The van der Waals surface area contributed by atoms with Gasteiger partial charge in [0.1, 0.15) is 10.9 Å². The zero-order valence-corrected chi connectivity index (χ0v) is 9.00. The van der Waals surface area contributed by atoms with Crippen LogP contribution >= 0.6 is 39.1 Å². The molecule has 0 fully saturated rings. The Morgan fingerprint density at radius 1 is 1.46 bits per heavy atom. The summed E-state index contributed by atoms with van der Waals surface area (Å²) in [4.78, 5) is 3.52. The lowest BCUT2D eigenvalue weighted by molar-refractivity contribution is -0.0804. The molecule has 72 valence electrons. The highest BCUT2D eigenvalue weighted by Crippen LogP contribution is 2.29. The van der Waals surface area contributed by atoms with Crippen LogP contribution in [0.1, 0.15) is 0 Å². The monoisotopic (exact) mass is 291 g/mol. The number of halogens is 5. The molecule has 1 heterocycles. The molecular weight excluding hydrogens is 291 g/mol. The van der Waals surface area contributed by atoms with E-state index in [1.165, 1.54) is 0 Å². The van der Waals surface area contributed by atoms with Crippen molar-refractivity contribution in [2.24, 2.45) is 0 Å². The Morgan fingerprint density at radius 2 is 2.08 bits per heavy atom. The average molecular weight is 293 g/mol. The van der Waals surface area contributed by atoms with Crippen LogP contribution in [0.3, 0.4) is 0 Å². The number of alkyl halides is 3. The first-order chi connectivity index (χ1) is 5.88. The Morgan fingerprint density at radius 3 is 2.54 bits per heavy atom. The SMILES string of the molecule is FC(F)(Br)Oc1cnc(Cl)c(Cl)c1. The predicted octanol–water partition coefficient (Wildman–Crippen LogP) is 3.71. The summed E-state index contributed by atoms with van der Waals surface area (Å²) >= 11 is 13.0. The molecule has 0 aliphatic rings. The van der Waals surface area contributed by atoms with Crippen molar-refractivity contribution in [2.75, 3.05) is 0 Å². The maximum absolute atomic E-state index is 12.2. The molecule has 0 aromatic carbocycles. The molecule has 0 saturated carbocycles. The number of hydrogen-bond acceptors (Lipinski definition) is 2. The van der Waals surface area contributed by atoms with Gasteiger partial charge in [0.05, 0.1) is 11.2 Å². The summed E-state index contributed by atoms with van der Waals surface area (Å²) in [6.45, 7) is 0. The number of hydrogen-bond donors (Lipinski definition) is 0. The van der Waals surface area contributed by atoms with E-state index < -0.39 is 5.02 Å². The van der Waals surface area contributed by atoms with E-state index in [1.54, 1.807) is 0 Å². The van der Waals surface area contributed by atoms with E-state index in [2.05, 4.69) is 9.72 Å². The minimum atomic E-state index is -3.44. The fraction of sp³-hybridized carbons (Fsp3) is 0.167. The summed E-state index contributed by atoms with van der Waals surface area (Å²) in [6.07, 6.45) is 1.05. The van der Waals surface area contributed by atoms with Crippen molar-refractivity contribution in [3.05, 3.63) is 22.4 Å². The third kappa shape index (κ3) is 3.62. The molecule has 0 unspecified atom stereocenters. The summed E-state index contributed by atoms with van der Waals surface area (Å²) in [7, 11) is 0. The number of aromatic nitrogens is 1. The van der Waals surface area contributed by atoms with Crippen molar-refractivity contribution in [1.29, 1.82) is 0 Å². The molecule has 0 aliphatic heterocycles. The average Bonchev–Trinajstić information content (AvgIpc) is 1.94. The third-order valence-corrected chi connectivity index (χ3v) is 1.85. The van der Waals surface area contributed by atoms with Crippen LogP contribution in [-0.2, 0) is 0 Å². The molecule has 13 heavy (non-hydrogen) atoms. The fourth-order valence-electron chi connectivity index (χ4n) is 0.593. The normalized spacial score (nSPS) is 11.5. The van der Waals surface area contributed by atoms with Crippen molar-refractivity contribution in [3.8, 4) is 5.75 Å². The molecule has 0 saturated heterocycles. The Kier molecular flexibility index (Phi) is 3.32. The lowest BCUT2D eigenvalue weighted by Gasteiger charge is -2.10. The molecule has 1 aromatic heterocycles. The first-order valence-corrected chi connectivity index (χ1v) is 4.50. The van der Waals surface area contributed by atoms with Gasteiger partial charge in [-0.2, -0.15) is 8.78 Å². The van der Waals surface area contributed by atoms with Gasteiger partial charge in [0.2, 0.25) is 0 Å². The second-order valence-corrected chi connectivity index (χ2v) is 3.68. The highest BCUT2D eigenvalue weighted by Gasteiger charge is 2.26. The summed E-state index contributed by atoms with van der Waals surface area (Å²) < 4.78 is 28.6. The lowest BCUT2D eigenvalue weighted by atomic mass is 10.5. The zero-order chi connectivity index (χ0) is 10.1. The first-order valence-electron chi connectivity index (χ1n) is 2.95. The highest BCUT2D eigenvalue weighted by molar-refractivity contribution is 9.09. The Labute approximate surface area is 90.9 Å². The van der Waals surface area contributed by atoms with Crippen LogP contribution in [0.4, 0.5) is 8.78 Å². The second kappa shape index (κ2) is 3.94. The highest BCUT2D eigenvalue weighted by atomic mass is 79.9. The Hall–Kier alpha value is -0.130. The number of ether oxygens (including phenoxy) is 1. The predicted molar refractivity (Wildman–Crippen MR) is 48.8 cm³/mol. The molecule has 2 nitrogen and oxygen atoms in total. The standard InChI is InChI=1S/C6H2BrCl2F2NO/c7-6(10,11)13-3-1-4(8)5(9)12-2-3/h1-2H. The van der Waals surface area contributed by atoms with Crippen molar-refractivity contribution in [3.63, 3.8) is 0 Å². The van der Waals surface area contributed by atoms with E-state index in [4.69, 9.17) is 23.2 Å². The van der Waals surface area contributed by atoms with Crippen molar-refractivity contribution in [2.45, 2.75) is 5.02 Å². The summed E-state index contributed by atoms with van der Waals surface area (Å²) in [5, 5.41) is -3.35. The molecule has 0 atom stereocenters. The summed E-state index contributed by atoms with van der Waals surface area (Å²) in [6, 6.07) is 1.14. The molecule has 1 aromatic rings. The van der Waals surface area contributed by atoms with Crippen LogP contribution < -0.4 is 4.74 Å². The molecule has 0 aliphatic carbocycles. The Bertz CT molecular complexity index is 318. The first kappa shape index (κ1) is 10.9. The van der Waals surface area contributed by atoms with Gasteiger partial charge in [0, 0.05) is 22.0 Å². The van der Waals surface area contributed by atoms with Gasteiger partial charge in [-0.3, -0.25) is 0 Å². The molecular formula is C6H2BrCl2F2NO. The van der Waals surface area contributed by atoms with Crippen LogP contribution in [0.2, 0.25) is 10.2 Å². The van der Waals surface area contributed by atoms with Crippen LogP contribution in [0.5, 0.6) is 5.75 Å². The van der Waals surface area contributed by atoms with Crippen LogP contribution in [0, 0.1) is 0 Å². The molecule has 1 rings (SSSR count). The van der Waals surface area contributed by atoms with Crippen LogP contribution in [0.15, 0.2) is 12.3 Å². The summed E-state index contributed by atoms with van der Waals surface area (Å²) in [5.41, 5.74) is 0. The largest absolute Gasteiger partial charge is 0.459 e. The van der Waals surface area contributed by atoms with E-state index in [0.29, 0.717) is 0 Å². The third-order valence-electron chi connectivity index (χ3n) is 1.00. The van der Waals surface area contributed by atoms with Gasteiger partial charge < -0.3 is 4.74 Å². The smallest absolute Gasteiger partial charge is 0.422 e. The number of pyridine rings is 1. The van der Waals surface area contributed by atoms with Gasteiger partial charge in [0.25, 0.3) is 0 Å². The molecule has 0 spiro atoms. The molecule has 0 N–H and O–H groups in total. The van der Waals surface area contributed by atoms with Crippen molar-refractivity contribution >= 4 is 39.1 Å². The zero-order valence-electron chi connectivity index (χ0n) is 5.90. The van der Waals surface area contributed by atoms with Gasteiger partial charge in [-0.25, -0.2) is 4.98 Å². The van der Waals surface area contributed by atoms with Crippen LogP contribution in [-0.4, -0.2) is 10.0 Å². The Balaban J connectivity index is 2.86. The number of rotatable bonds is 2. The quantitative estimate of drug-likeness (QED) is 0.612. The maximum atomic E-state index is 12.2. The van der Waals surface area contributed by atoms with E-state index in [9.17, 15) is 8.78 Å². The summed E-state index contributed by atoms with van der Waals surface area (Å²) in [5.74, 6) is -0.170. The molecule has 0 bridgehead atoms. The van der Waals surface area contributed by atoms with E-state index in [1.807, 2.05) is 15.9 Å². The molecule has 7 heteroatoms. The van der Waals surface area contributed by atoms with E-state index >= 15 is 0 Å².